The molecule has 0 spiro atoms. The first-order valence-corrected chi connectivity index (χ1v) is 9.11. The normalized spacial score (nSPS) is 16.8. The van der Waals surface area contributed by atoms with Crippen LogP contribution in [0, 0.1) is 5.82 Å². The van der Waals surface area contributed by atoms with E-state index >= 15 is 0 Å². The second-order valence-electron chi connectivity index (χ2n) is 5.66. The summed E-state index contributed by atoms with van der Waals surface area (Å²) in [7, 11) is 0. The number of aromatic nitrogens is 2. The number of benzene rings is 1. The van der Waals surface area contributed by atoms with Crippen LogP contribution in [0.1, 0.15) is 35.8 Å². The third-order valence-corrected chi connectivity index (χ3v) is 4.63. The van der Waals surface area contributed by atoms with Gasteiger partial charge >= 0.3 is 6.03 Å². The van der Waals surface area contributed by atoms with Crippen molar-refractivity contribution in [1.82, 2.24) is 20.4 Å². The monoisotopic (exact) mass is 350 g/mol. The summed E-state index contributed by atoms with van der Waals surface area (Å²) in [5.41, 5.74) is 1.95. The van der Waals surface area contributed by atoms with Crippen LogP contribution in [0.2, 0.25) is 0 Å². The van der Waals surface area contributed by atoms with Crippen LogP contribution in [0.15, 0.2) is 22.7 Å². The van der Waals surface area contributed by atoms with Crippen LogP contribution in [0.25, 0.3) is 0 Å². The molecule has 1 aliphatic rings. The summed E-state index contributed by atoms with van der Waals surface area (Å²) in [6, 6.07) is 4.36. The Kier molecular flexibility index (Phi) is 5.03. The fraction of sp³-hybridized carbons (Fsp3) is 0.438. The molecular formula is C16H19FN4O2S. The molecule has 1 aromatic carbocycles. The molecule has 0 fully saturated rings. The fourth-order valence-electron chi connectivity index (χ4n) is 2.86. The third kappa shape index (κ3) is 3.53. The average molecular weight is 350 g/mol. The second kappa shape index (κ2) is 7.21. The Labute approximate surface area is 143 Å². The molecule has 6 nitrogen and oxygen atoms in total. The Morgan fingerprint density at radius 3 is 3.17 bits per heavy atom. The molecule has 1 unspecified atom stereocenters. The number of nitrogens with one attached hydrogen (secondary N) is 1. The number of thioether (sulfide) groups is 1. The molecule has 0 radical (unpaired) electrons. The van der Waals surface area contributed by atoms with Crippen molar-refractivity contribution >= 4 is 17.8 Å². The zero-order valence-corrected chi connectivity index (χ0v) is 14.4. The van der Waals surface area contributed by atoms with Crippen LogP contribution in [0.4, 0.5) is 9.18 Å². The summed E-state index contributed by atoms with van der Waals surface area (Å²) in [5, 5.41) is 6.63. The van der Waals surface area contributed by atoms with Gasteiger partial charge in [-0.15, -0.1) is 0 Å². The van der Waals surface area contributed by atoms with Crippen molar-refractivity contribution in [3.8, 4) is 0 Å². The zero-order valence-electron chi connectivity index (χ0n) is 13.6. The highest BCUT2D eigenvalue weighted by Gasteiger charge is 2.28. The van der Waals surface area contributed by atoms with Gasteiger partial charge in [-0.2, -0.15) is 16.7 Å². The number of carbonyl (C=O) groups excluding carboxylic acids is 1. The van der Waals surface area contributed by atoms with Gasteiger partial charge in [-0.1, -0.05) is 11.2 Å². The first-order chi connectivity index (χ1) is 11.6. The molecule has 128 valence electrons. The van der Waals surface area contributed by atoms with E-state index in [9.17, 15) is 9.18 Å². The van der Waals surface area contributed by atoms with Crippen molar-refractivity contribution in [2.75, 3.05) is 12.8 Å². The van der Waals surface area contributed by atoms with Gasteiger partial charge in [-0.05, 0) is 42.9 Å². The van der Waals surface area contributed by atoms with Crippen LogP contribution < -0.4 is 5.32 Å². The first-order valence-electron chi connectivity index (χ1n) is 7.71. The highest BCUT2D eigenvalue weighted by Crippen LogP contribution is 2.29. The quantitative estimate of drug-likeness (QED) is 0.918. The predicted molar refractivity (Wildman–Crippen MR) is 89.0 cm³/mol. The molecule has 0 aliphatic carbocycles. The Hall–Kier alpha value is -2.09. The molecule has 1 N–H and O–H groups in total. The molecule has 2 heterocycles. The number of amides is 2. The van der Waals surface area contributed by atoms with Crippen LogP contribution >= 0.6 is 11.8 Å². The van der Waals surface area contributed by atoms with E-state index in [2.05, 4.69) is 15.5 Å². The van der Waals surface area contributed by atoms with Crippen LogP contribution in [-0.2, 0) is 18.7 Å². The molecule has 3 rings (SSSR count). The predicted octanol–water partition coefficient (Wildman–Crippen LogP) is 2.90. The molecule has 0 saturated carbocycles. The van der Waals surface area contributed by atoms with Crippen molar-refractivity contribution < 1.29 is 13.7 Å². The summed E-state index contributed by atoms with van der Waals surface area (Å²) in [4.78, 5) is 18.3. The minimum atomic E-state index is -0.282. The fourth-order valence-corrected chi connectivity index (χ4v) is 3.24. The Morgan fingerprint density at radius 1 is 1.54 bits per heavy atom. The largest absolute Gasteiger partial charge is 0.337 e. The van der Waals surface area contributed by atoms with Crippen molar-refractivity contribution in [1.29, 1.82) is 0 Å². The van der Waals surface area contributed by atoms with E-state index < -0.39 is 0 Å². The van der Waals surface area contributed by atoms with Crippen LogP contribution in [0.5, 0.6) is 0 Å². The first kappa shape index (κ1) is 16.8. The summed E-state index contributed by atoms with van der Waals surface area (Å²) < 4.78 is 18.6. The summed E-state index contributed by atoms with van der Waals surface area (Å²) >= 11 is 1.60. The number of halogens is 1. The van der Waals surface area contributed by atoms with Crippen molar-refractivity contribution in [2.45, 2.75) is 31.7 Å². The highest BCUT2D eigenvalue weighted by atomic mass is 32.2. The molecule has 8 heteroatoms. The molecule has 1 atom stereocenters. The molecule has 0 saturated heterocycles. The topological polar surface area (TPSA) is 71.3 Å². The summed E-state index contributed by atoms with van der Waals surface area (Å²) in [6.45, 7) is 2.67. The maximum absolute atomic E-state index is 13.5. The van der Waals surface area contributed by atoms with Gasteiger partial charge in [0.1, 0.15) is 5.82 Å². The maximum Gasteiger partial charge on any atom is 0.318 e. The van der Waals surface area contributed by atoms with E-state index in [0.717, 1.165) is 11.1 Å². The Morgan fingerprint density at radius 2 is 2.38 bits per heavy atom. The van der Waals surface area contributed by atoms with Gasteiger partial charge in [-0.3, -0.25) is 0 Å². The molecule has 2 amide bonds. The summed E-state index contributed by atoms with van der Waals surface area (Å²) in [6.07, 6.45) is 2.67. The number of carbonyl (C=O) groups is 1. The van der Waals surface area contributed by atoms with E-state index in [-0.39, 0.29) is 24.4 Å². The lowest BCUT2D eigenvalue weighted by molar-refractivity contribution is 0.172. The number of hydrogen-bond acceptors (Lipinski definition) is 5. The van der Waals surface area contributed by atoms with Gasteiger partial charge in [0, 0.05) is 6.54 Å². The van der Waals surface area contributed by atoms with Crippen molar-refractivity contribution in [3.05, 3.63) is 46.9 Å². The average Bonchev–Trinajstić information content (AvgIpc) is 3.01. The van der Waals surface area contributed by atoms with Gasteiger partial charge < -0.3 is 14.7 Å². The van der Waals surface area contributed by atoms with Gasteiger partial charge in [0.05, 0.1) is 18.3 Å². The van der Waals surface area contributed by atoms with Gasteiger partial charge in [-0.25, -0.2) is 9.18 Å². The van der Waals surface area contributed by atoms with E-state index in [4.69, 9.17) is 4.52 Å². The van der Waals surface area contributed by atoms with Crippen LogP contribution in [-0.4, -0.2) is 33.9 Å². The smallest absolute Gasteiger partial charge is 0.318 e. The molecule has 24 heavy (non-hydrogen) atoms. The van der Waals surface area contributed by atoms with Crippen molar-refractivity contribution in [3.63, 3.8) is 0 Å². The number of hydrogen-bond donors (Lipinski definition) is 1. The van der Waals surface area contributed by atoms with Gasteiger partial charge in [0.15, 0.2) is 5.82 Å². The number of fused-ring (bicyclic) bond motifs is 1. The van der Waals surface area contributed by atoms with E-state index in [1.54, 1.807) is 22.7 Å². The molecule has 1 aliphatic heterocycles. The lowest BCUT2D eigenvalue weighted by atomic mass is 9.94. The maximum atomic E-state index is 13.5. The molecular weight excluding hydrogens is 331 g/mol. The number of urea groups is 1. The minimum Gasteiger partial charge on any atom is -0.337 e. The van der Waals surface area contributed by atoms with Crippen molar-refractivity contribution in [2.24, 2.45) is 0 Å². The molecule has 1 aromatic heterocycles. The molecule has 2 aromatic rings. The van der Waals surface area contributed by atoms with E-state index in [0.29, 0.717) is 30.4 Å². The standard InChI is InChI=1S/C16H19FN4O2S/c1-10-13-7-12(17)4-3-11(13)5-6-21(10)16(22)18-8-15-19-14(9-24-2)20-23-15/h3-4,7,10H,5-6,8-9H2,1-2H3,(H,18,22). The highest BCUT2D eigenvalue weighted by molar-refractivity contribution is 7.97. The Balaban J connectivity index is 1.62. The molecule has 0 bridgehead atoms. The van der Waals surface area contributed by atoms with Gasteiger partial charge in [0.25, 0.3) is 0 Å². The second-order valence-corrected chi connectivity index (χ2v) is 6.52. The van der Waals surface area contributed by atoms with E-state index in [1.807, 2.05) is 13.2 Å². The number of nitrogens with zero attached hydrogens (tertiary/aromatic N) is 3. The van der Waals surface area contributed by atoms with Crippen LogP contribution in [0.3, 0.4) is 0 Å². The minimum absolute atomic E-state index is 0.180. The zero-order chi connectivity index (χ0) is 17.1. The third-order valence-electron chi connectivity index (χ3n) is 4.08. The number of rotatable bonds is 4. The van der Waals surface area contributed by atoms with E-state index in [1.165, 1.54) is 12.1 Å². The Bertz CT molecular complexity index is 737. The lowest BCUT2D eigenvalue weighted by Gasteiger charge is -2.35. The SMILES string of the molecule is CSCc1noc(CNC(=O)N2CCc3ccc(F)cc3C2C)n1. The lowest BCUT2D eigenvalue weighted by Crippen LogP contribution is -2.44. The van der Waals surface area contributed by atoms with Gasteiger partial charge in [0.2, 0.25) is 5.89 Å². The summed E-state index contributed by atoms with van der Waals surface area (Å²) in [5.74, 6) is 1.38.